The van der Waals surface area contributed by atoms with Crippen LogP contribution < -0.4 is 0 Å². The molecule has 0 aromatic heterocycles. The molecule has 0 aromatic rings. The van der Waals surface area contributed by atoms with E-state index >= 15 is 0 Å². The molecular formula is C16H34O4. The van der Waals surface area contributed by atoms with Crippen LogP contribution in [0.2, 0.25) is 0 Å². The van der Waals surface area contributed by atoms with Crippen LogP contribution in [0.5, 0.6) is 0 Å². The van der Waals surface area contributed by atoms with Gasteiger partial charge in [-0.25, -0.2) is 9.78 Å². The second-order valence-corrected chi connectivity index (χ2v) is 6.57. The number of hydrogen-bond acceptors (Lipinski definition) is 4. The lowest BCUT2D eigenvalue weighted by Gasteiger charge is -2.35. The maximum Gasteiger partial charge on any atom is 0.233 e. The highest BCUT2D eigenvalue weighted by Crippen LogP contribution is 2.30. The molecule has 0 spiro atoms. The van der Waals surface area contributed by atoms with Crippen molar-refractivity contribution in [1.29, 1.82) is 0 Å². The van der Waals surface area contributed by atoms with Crippen molar-refractivity contribution >= 4 is 0 Å². The smallest absolute Gasteiger partial charge is 0.228 e. The molecule has 20 heavy (non-hydrogen) atoms. The summed E-state index contributed by atoms with van der Waals surface area (Å²) in [6.45, 7) is 16.2. The summed E-state index contributed by atoms with van der Waals surface area (Å²) in [5, 5.41) is 0. The van der Waals surface area contributed by atoms with Gasteiger partial charge in [0.1, 0.15) is 0 Å². The van der Waals surface area contributed by atoms with E-state index in [-0.39, 0.29) is 11.2 Å². The number of hydrogen-bond donors (Lipinski definition) is 0. The van der Waals surface area contributed by atoms with Crippen molar-refractivity contribution in [2.75, 3.05) is 0 Å². The van der Waals surface area contributed by atoms with Gasteiger partial charge < -0.3 is 0 Å². The summed E-state index contributed by atoms with van der Waals surface area (Å²) in [5.74, 6) is -0.840. The van der Waals surface area contributed by atoms with Crippen molar-refractivity contribution < 1.29 is 19.6 Å². The van der Waals surface area contributed by atoms with Crippen LogP contribution in [0.25, 0.3) is 0 Å². The van der Waals surface area contributed by atoms with Gasteiger partial charge in [0.2, 0.25) is 5.79 Å². The maximum absolute atomic E-state index is 5.67. The quantitative estimate of drug-likeness (QED) is 0.299. The summed E-state index contributed by atoms with van der Waals surface area (Å²) < 4.78 is 0. The summed E-state index contributed by atoms with van der Waals surface area (Å²) in [4.78, 5) is 22.5. The molecule has 0 bridgehead atoms. The van der Waals surface area contributed by atoms with Gasteiger partial charge in [-0.3, -0.25) is 0 Å². The summed E-state index contributed by atoms with van der Waals surface area (Å²) in [6.07, 6.45) is 4.05. The first-order chi connectivity index (χ1) is 9.16. The fourth-order valence-electron chi connectivity index (χ4n) is 1.27. The molecule has 0 amide bonds. The molecule has 0 radical (unpaired) electrons. The first-order valence-corrected chi connectivity index (χ1v) is 7.89. The molecule has 0 heterocycles. The van der Waals surface area contributed by atoms with Crippen LogP contribution in [0.4, 0.5) is 0 Å². The van der Waals surface area contributed by atoms with Gasteiger partial charge in [0.15, 0.2) is 0 Å². The zero-order chi connectivity index (χ0) is 15.9. The molecule has 4 nitrogen and oxygen atoms in total. The predicted molar refractivity (Wildman–Crippen MR) is 81.0 cm³/mol. The Bertz CT molecular complexity index is 241. The van der Waals surface area contributed by atoms with Crippen molar-refractivity contribution in [3.63, 3.8) is 0 Å². The SMILES string of the molecule is CCCC(CC)(OOC(C)(C)CC)OOC(C)(C)CC. The van der Waals surface area contributed by atoms with E-state index in [1.54, 1.807) is 0 Å². The van der Waals surface area contributed by atoms with E-state index in [2.05, 4.69) is 20.8 Å². The largest absolute Gasteiger partial charge is 0.233 e. The fraction of sp³-hybridized carbons (Fsp3) is 1.00. The zero-order valence-electron chi connectivity index (χ0n) is 14.7. The van der Waals surface area contributed by atoms with E-state index in [9.17, 15) is 0 Å². The summed E-state index contributed by atoms with van der Waals surface area (Å²) in [6, 6.07) is 0. The summed E-state index contributed by atoms with van der Waals surface area (Å²) in [7, 11) is 0. The first kappa shape index (κ1) is 19.8. The molecule has 0 aliphatic rings. The Balaban J connectivity index is 4.73. The first-order valence-electron chi connectivity index (χ1n) is 7.89. The second-order valence-electron chi connectivity index (χ2n) is 6.57. The van der Waals surface area contributed by atoms with Gasteiger partial charge in [-0.05, 0) is 40.5 Å². The Morgan fingerprint density at radius 3 is 1.25 bits per heavy atom. The number of rotatable bonds is 11. The lowest BCUT2D eigenvalue weighted by Crippen LogP contribution is -2.41. The molecule has 0 atom stereocenters. The Labute approximate surface area is 125 Å². The standard InChI is InChI=1S/C16H34O4/c1-9-13-16(12-4,19-17-14(5,6)10-2)20-18-15(7,8)11-3/h9-13H2,1-8H3. The third kappa shape index (κ3) is 7.02. The van der Waals surface area contributed by atoms with E-state index in [0.717, 1.165) is 25.7 Å². The van der Waals surface area contributed by atoms with E-state index < -0.39 is 5.79 Å². The van der Waals surface area contributed by atoms with Gasteiger partial charge >= 0.3 is 0 Å². The van der Waals surface area contributed by atoms with Crippen molar-refractivity contribution in [3.05, 3.63) is 0 Å². The van der Waals surface area contributed by atoms with Crippen LogP contribution >= 0.6 is 0 Å². The van der Waals surface area contributed by atoms with Gasteiger partial charge in [-0.1, -0.05) is 34.1 Å². The van der Waals surface area contributed by atoms with Crippen molar-refractivity contribution in [2.45, 2.75) is 104 Å². The molecule has 0 aromatic carbocycles. The van der Waals surface area contributed by atoms with E-state index in [1.807, 2.05) is 34.6 Å². The van der Waals surface area contributed by atoms with Gasteiger partial charge in [-0.2, -0.15) is 9.78 Å². The maximum atomic E-state index is 5.67. The van der Waals surface area contributed by atoms with Crippen LogP contribution in [0.15, 0.2) is 0 Å². The molecular weight excluding hydrogens is 256 g/mol. The molecule has 0 aliphatic carbocycles. The molecule has 122 valence electrons. The van der Waals surface area contributed by atoms with Crippen LogP contribution in [0.3, 0.4) is 0 Å². The highest BCUT2D eigenvalue weighted by atomic mass is 17.3. The van der Waals surface area contributed by atoms with Gasteiger partial charge in [0.05, 0.1) is 11.2 Å². The Kier molecular flexibility index (Phi) is 8.26. The van der Waals surface area contributed by atoms with Crippen LogP contribution in [-0.2, 0) is 19.6 Å². The molecule has 0 unspecified atom stereocenters. The van der Waals surface area contributed by atoms with E-state index in [0.29, 0.717) is 6.42 Å². The zero-order valence-corrected chi connectivity index (χ0v) is 14.7. The average molecular weight is 290 g/mol. The van der Waals surface area contributed by atoms with Crippen molar-refractivity contribution in [3.8, 4) is 0 Å². The monoisotopic (exact) mass is 290 g/mol. The third-order valence-electron chi connectivity index (χ3n) is 3.71. The minimum Gasteiger partial charge on any atom is -0.228 e. The molecule has 0 N–H and O–H groups in total. The van der Waals surface area contributed by atoms with Crippen LogP contribution in [-0.4, -0.2) is 17.0 Å². The fourth-order valence-corrected chi connectivity index (χ4v) is 1.27. The Morgan fingerprint density at radius 1 is 0.600 bits per heavy atom. The Hall–Kier alpha value is -0.160. The van der Waals surface area contributed by atoms with Crippen molar-refractivity contribution in [2.24, 2.45) is 0 Å². The predicted octanol–water partition coefficient (Wildman–Crippen LogP) is 5.17. The lowest BCUT2D eigenvalue weighted by atomic mass is 10.1. The van der Waals surface area contributed by atoms with E-state index in [4.69, 9.17) is 19.6 Å². The third-order valence-corrected chi connectivity index (χ3v) is 3.71. The Morgan fingerprint density at radius 2 is 1.00 bits per heavy atom. The minimum atomic E-state index is -0.840. The highest BCUT2D eigenvalue weighted by molar-refractivity contribution is 4.68. The van der Waals surface area contributed by atoms with Gasteiger partial charge in [-0.15, -0.1) is 0 Å². The van der Waals surface area contributed by atoms with E-state index in [1.165, 1.54) is 0 Å². The van der Waals surface area contributed by atoms with Gasteiger partial charge in [0, 0.05) is 12.8 Å². The lowest BCUT2D eigenvalue weighted by molar-refractivity contribution is -0.545. The second kappa shape index (κ2) is 8.32. The van der Waals surface area contributed by atoms with Crippen molar-refractivity contribution in [1.82, 2.24) is 0 Å². The molecule has 0 saturated carbocycles. The molecule has 0 aliphatic heterocycles. The van der Waals surface area contributed by atoms with Crippen LogP contribution in [0, 0.1) is 0 Å². The van der Waals surface area contributed by atoms with Crippen LogP contribution in [0.1, 0.15) is 87.5 Å². The molecule has 4 heteroatoms. The van der Waals surface area contributed by atoms with Gasteiger partial charge in [0.25, 0.3) is 0 Å². The normalized spacial score (nSPS) is 13.8. The summed E-state index contributed by atoms with van der Waals surface area (Å²) in [5.41, 5.74) is -0.671. The highest BCUT2D eigenvalue weighted by Gasteiger charge is 2.37. The average Bonchev–Trinajstić information content (AvgIpc) is 2.42. The molecule has 0 fully saturated rings. The summed E-state index contributed by atoms with van der Waals surface area (Å²) >= 11 is 0. The topological polar surface area (TPSA) is 36.9 Å². The minimum absolute atomic E-state index is 0.336. The molecule has 0 rings (SSSR count). The molecule has 0 saturated heterocycles.